The van der Waals surface area contributed by atoms with E-state index in [-0.39, 0.29) is 11.8 Å². The molecule has 54 valence electrons. The normalized spacial score (nSPS) is 32.4. The fourth-order valence-electron chi connectivity index (χ4n) is 1.07. The van der Waals surface area contributed by atoms with Crippen molar-refractivity contribution in [3.8, 4) is 0 Å². The number of carbonyl (C=O) groups is 1. The molecular formula is C9H12O. The van der Waals surface area contributed by atoms with Crippen LogP contribution >= 0.6 is 0 Å². The predicted molar refractivity (Wildman–Crippen MR) is 41.6 cm³/mol. The molecule has 0 aromatic carbocycles. The Bertz CT molecular complexity index is 169. The second kappa shape index (κ2) is 2.82. The van der Waals surface area contributed by atoms with Gasteiger partial charge in [-0.25, -0.2) is 0 Å². The maximum absolute atomic E-state index is 11.2. The maximum Gasteiger partial charge on any atom is 0.145 e. The molecule has 0 saturated heterocycles. The van der Waals surface area contributed by atoms with Gasteiger partial charge in [0.2, 0.25) is 0 Å². The van der Waals surface area contributed by atoms with Crippen LogP contribution in [-0.4, -0.2) is 5.78 Å². The number of hydrogen-bond acceptors (Lipinski definition) is 1. The standard InChI is InChI=1S/C9H12O/c1-7-5-3-4-6-8(2)9(7)10/h3-8H,1-2H3/t7-,8+. The molecule has 0 radical (unpaired) electrons. The number of carbonyl (C=O) groups excluding carboxylic acids is 1. The summed E-state index contributed by atoms with van der Waals surface area (Å²) in [6.07, 6.45) is 7.74. The summed E-state index contributed by atoms with van der Waals surface area (Å²) in [5.74, 6) is 0.486. The number of hydrogen-bond donors (Lipinski definition) is 0. The minimum Gasteiger partial charge on any atom is -0.298 e. The molecule has 0 fully saturated rings. The van der Waals surface area contributed by atoms with Crippen LogP contribution in [0, 0.1) is 11.8 Å². The van der Waals surface area contributed by atoms with Gasteiger partial charge >= 0.3 is 0 Å². The van der Waals surface area contributed by atoms with Gasteiger partial charge in [-0.3, -0.25) is 4.79 Å². The number of Topliss-reactive ketones (excluding diaryl/α,β-unsaturated/α-hetero) is 1. The van der Waals surface area contributed by atoms with Crippen molar-refractivity contribution in [2.75, 3.05) is 0 Å². The summed E-state index contributed by atoms with van der Waals surface area (Å²) in [5, 5.41) is 0. The molecule has 0 spiro atoms. The van der Waals surface area contributed by atoms with Crippen LogP contribution in [0.2, 0.25) is 0 Å². The average molecular weight is 136 g/mol. The van der Waals surface area contributed by atoms with Gasteiger partial charge in [0.25, 0.3) is 0 Å². The molecule has 1 aliphatic carbocycles. The summed E-state index contributed by atoms with van der Waals surface area (Å²) < 4.78 is 0. The number of allylic oxidation sites excluding steroid dienone is 4. The highest BCUT2D eigenvalue weighted by Crippen LogP contribution is 2.12. The molecule has 0 unspecified atom stereocenters. The van der Waals surface area contributed by atoms with Gasteiger partial charge in [0, 0.05) is 11.8 Å². The van der Waals surface area contributed by atoms with Gasteiger partial charge in [-0.2, -0.15) is 0 Å². The zero-order chi connectivity index (χ0) is 7.56. The van der Waals surface area contributed by atoms with Crippen molar-refractivity contribution in [3.05, 3.63) is 24.3 Å². The van der Waals surface area contributed by atoms with Crippen molar-refractivity contribution in [1.82, 2.24) is 0 Å². The van der Waals surface area contributed by atoms with Crippen molar-refractivity contribution >= 4 is 5.78 Å². The van der Waals surface area contributed by atoms with Crippen LogP contribution in [0.1, 0.15) is 13.8 Å². The Morgan fingerprint density at radius 3 is 1.90 bits per heavy atom. The second-order valence-corrected chi connectivity index (χ2v) is 2.75. The molecule has 0 N–H and O–H groups in total. The predicted octanol–water partition coefficient (Wildman–Crippen LogP) is 1.95. The quantitative estimate of drug-likeness (QED) is 0.497. The van der Waals surface area contributed by atoms with E-state index in [0.29, 0.717) is 5.78 Å². The zero-order valence-electron chi connectivity index (χ0n) is 6.37. The van der Waals surface area contributed by atoms with Crippen LogP contribution in [0.3, 0.4) is 0 Å². The summed E-state index contributed by atoms with van der Waals surface area (Å²) in [6, 6.07) is 0. The zero-order valence-corrected chi connectivity index (χ0v) is 6.37. The third-order valence-corrected chi connectivity index (χ3v) is 1.81. The topological polar surface area (TPSA) is 17.1 Å². The summed E-state index contributed by atoms with van der Waals surface area (Å²) >= 11 is 0. The van der Waals surface area contributed by atoms with Gasteiger partial charge in [0.1, 0.15) is 5.78 Å². The van der Waals surface area contributed by atoms with Crippen molar-refractivity contribution < 1.29 is 4.79 Å². The van der Waals surface area contributed by atoms with Crippen LogP contribution in [0.5, 0.6) is 0 Å². The molecule has 1 heteroatoms. The van der Waals surface area contributed by atoms with Crippen LogP contribution in [0.15, 0.2) is 24.3 Å². The number of rotatable bonds is 0. The van der Waals surface area contributed by atoms with E-state index in [1.54, 1.807) is 0 Å². The van der Waals surface area contributed by atoms with Crippen molar-refractivity contribution in [2.24, 2.45) is 11.8 Å². The van der Waals surface area contributed by atoms with E-state index >= 15 is 0 Å². The largest absolute Gasteiger partial charge is 0.298 e. The highest BCUT2D eigenvalue weighted by atomic mass is 16.1. The first-order valence-electron chi connectivity index (χ1n) is 3.60. The van der Waals surface area contributed by atoms with E-state index in [9.17, 15) is 4.79 Å². The summed E-state index contributed by atoms with van der Waals surface area (Å²) in [5.41, 5.74) is 0. The Kier molecular flexibility index (Phi) is 2.05. The first kappa shape index (κ1) is 7.26. The minimum absolute atomic E-state index is 0.0880. The van der Waals surface area contributed by atoms with Crippen molar-refractivity contribution in [2.45, 2.75) is 13.8 Å². The molecule has 0 aliphatic heterocycles. The highest BCUT2D eigenvalue weighted by molar-refractivity contribution is 5.86. The van der Waals surface area contributed by atoms with E-state index in [2.05, 4.69) is 0 Å². The molecule has 10 heavy (non-hydrogen) atoms. The van der Waals surface area contributed by atoms with Gasteiger partial charge in [-0.1, -0.05) is 38.2 Å². The lowest BCUT2D eigenvalue weighted by Gasteiger charge is -2.06. The maximum atomic E-state index is 11.2. The van der Waals surface area contributed by atoms with E-state index in [1.807, 2.05) is 38.2 Å². The van der Waals surface area contributed by atoms with Crippen LogP contribution in [0.4, 0.5) is 0 Å². The first-order valence-corrected chi connectivity index (χ1v) is 3.60. The Morgan fingerprint density at radius 1 is 1.10 bits per heavy atom. The lowest BCUT2D eigenvalue weighted by Crippen LogP contribution is -2.14. The van der Waals surface area contributed by atoms with E-state index in [4.69, 9.17) is 0 Å². The lowest BCUT2D eigenvalue weighted by atomic mass is 9.97. The average Bonchev–Trinajstić information content (AvgIpc) is 2.04. The molecular weight excluding hydrogens is 124 g/mol. The summed E-state index contributed by atoms with van der Waals surface area (Å²) in [6.45, 7) is 3.87. The van der Waals surface area contributed by atoms with Gasteiger partial charge in [0.05, 0.1) is 0 Å². The molecule has 1 nitrogen and oxygen atoms in total. The smallest absolute Gasteiger partial charge is 0.145 e. The molecule has 0 saturated carbocycles. The van der Waals surface area contributed by atoms with Crippen molar-refractivity contribution in [1.29, 1.82) is 0 Å². The van der Waals surface area contributed by atoms with Crippen LogP contribution < -0.4 is 0 Å². The van der Waals surface area contributed by atoms with Gasteiger partial charge < -0.3 is 0 Å². The van der Waals surface area contributed by atoms with Crippen LogP contribution in [0.25, 0.3) is 0 Å². The summed E-state index contributed by atoms with van der Waals surface area (Å²) in [4.78, 5) is 11.2. The third kappa shape index (κ3) is 1.35. The Balaban J connectivity index is 2.79. The summed E-state index contributed by atoms with van der Waals surface area (Å²) in [7, 11) is 0. The molecule has 0 aromatic heterocycles. The molecule has 1 rings (SSSR count). The Morgan fingerprint density at radius 2 is 1.50 bits per heavy atom. The molecule has 0 heterocycles. The van der Waals surface area contributed by atoms with Gasteiger partial charge in [-0.15, -0.1) is 0 Å². The fourth-order valence-corrected chi connectivity index (χ4v) is 1.07. The Labute approximate surface area is 61.4 Å². The fraction of sp³-hybridized carbons (Fsp3) is 0.444. The Hall–Kier alpha value is -0.850. The van der Waals surface area contributed by atoms with Gasteiger partial charge in [-0.05, 0) is 0 Å². The first-order chi connectivity index (χ1) is 4.72. The van der Waals surface area contributed by atoms with E-state index < -0.39 is 0 Å². The molecule has 2 atom stereocenters. The second-order valence-electron chi connectivity index (χ2n) is 2.75. The van der Waals surface area contributed by atoms with E-state index in [0.717, 1.165) is 0 Å². The SMILES string of the molecule is C[C@@H]1C=CC=C[C@H](C)C1=O. The van der Waals surface area contributed by atoms with Crippen LogP contribution in [-0.2, 0) is 4.79 Å². The molecule has 0 amide bonds. The van der Waals surface area contributed by atoms with E-state index in [1.165, 1.54) is 0 Å². The third-order valence-electron chi connectivity index (χ3n) is 1.81. The van der Waals surface area contributed by atoms with Gasteiger partial charge in [0.15, 0.2) is 0 Å². The molecule has 0 aromatic rings. The molecule has 1 aliphatic rings. The van der Waals surface area contributed by atoms with Crippen molar-refractivity contribution in [3.63, 3.8) is 0 Å². The molecule has 0 bridgehead atoms. The monoisotopic (exact) mass is 136 g/mol. The minimum atomic E-state index is 0.0880. The number of ketones is 1. The lowest BCUT2D eigenvalue weighted by molar-refractivity contribution is -0.123. The highest BCUT2D eigenvalue weighted by Gasteiger charge is 2.16.